The second-order valence-corrected chi connectivity index (χ2v) is 16.2. The second-order valence-electron chi connectivity index (χ2n) is 15.4. The summed E-state index contributed by atoms with van der Waals surface area (Å²) in [6.45, 7) is 15.1. The van der Waals surface area contributed by atoms with E-state index in [9.17, 15) is 14.4 Å². The molecule has 292 valence electrons. The van der Waals surface area contributed by atoms with E-state index in [1.54, 1.807) is 18.3 Å². The highest BCUT2D eigenvalue weighted by Gasteiger charge is 2.33. The molecule has 1 aliphatic heterocycles. The third-order valence-corrected chi connectivity index (χ3v) is 10.8. The number of fused-ring (bicyclic) bond motifs is 1. The summed E-state index contributed by atoms with van der Waals surface area (Å²) in [5, 5.41) is 6.39. The summed E-state index contributed by atoms with van der Waals surface area (Å²) in [5.74, 6) is 0.229. The molecule has 13 nitrogen and oxygen atoms in total. The fraction of sp³-hybridized carbons (Fsp3) is 0.550. The summed E-state index contributed by atoms with van der Waals surface area (Å²) in [6.07, 6.45) is 4.28. The predicted molar refractivity (Wildman–Crippen MR) is 212 cm³/mol. The van der Waals surface area contributed by atoms with E-state index in [-0.39, 0.29) is 42.3 Å². The Bertz CT molecular complexity index is 1910. The minimum absolute atomic E-state index is 0.0520. The van der Waals surface area contributed by atoms with E-state index in [1.807, 2.05) is 51.9 Å². The van der Waals surface area contributed by atoms with Crippen molar-refractivity contribution in [3.05, 3.63) is 52.8 Å². The van der Waals surface area contributed by atoms with Crippen molar-refractivity contribution in [3.63, 3.8) is 0 Å². The Labute approximate surface area is 323 Å². The molecule has 3 aromatic heterocycles. The molecule has 2 amide bonds. The minimum Gasteiger partial charge on any atom is -0.467 e. The summed E-state index contributed by atoms with van der Waals surface area (Å²) >= 11 is 1.24. The first-order valence-electron chi connectivity index (χ1n) is 18.8. The van der Waals surface area contributed by atoms with Crippen LogP contribution in [0.5, 0.6) is 0 Å². The van der Waals surface area contributed by atoms with Crippen molar-refractivity contribution in [3.8, 4) is 22.6 Å². The monoisotopic (exact) mass is 760 g/mol. The zero-order valence-electron chi connectivity index (χ0n) is 33.1. The molecule has 54 heavy (non-hydrogen) atoms. The number of aromatic nitrogens is 4. The summed E-state index contributed by atoms with van der Waals surface area (Å²) < 4.78 is 18.1. The highest BCUT2D eigenvalue weighted by Crippen LogP contribution is 2.41. The van der Waals surface area contributed by atoms with Crippen LogP contribution in [0.4, 0.5) is 0 Å². The van der Waals surface area contributed by atoms with E-state index in [1.165, 1.54) is 11.5 Å². The van der Waals surface area contributed by atoms with Gasteiger partial charge in [-0.15, -0.1) is 0 Å². The number of rotatable bonds is 17. The fourth-order valence-corrected chi connectivity index (χ4v) is 8.21. The lowest BCUT2D eigenvalue weighted by Crippen LogP contribution is -2.58. The first kappa shape index (κ1) is 40.9. The van der Waals surface area contributed by atoms with E-state index < -0.39 is 12.1 Å². The molecule has 3 atom stereocenters. The lowest BCUT2D eigenvalue weighted by Gasteiger charge is -2.33. The zero-order chi connectivity index (χ0) is 39.2. The minimum atomic E-state index is -0.806. The summed E-state index contributed by atoms with van der Waals surface area (Å²) in [6, 6.07) is 9.10. The Morgan fingerprint density at radius 2 is 1.94 bits per heavy atom. The van der Waals surface area contributed by atoms with E-state index in [4.69, 9.17) is 23.8 Å². The third kappa shape index (κ3) is 9.16. The highest BCUT2D eigenvalue weighted by molar-refractivity contribution is 7.05. The van der Waals surface area contributed by atoms with E-state index in [0.717, 1.165) is 51.8 Å². The van der Waals surface area contributed by atoms with E-state index in [0.29, 0.717) is 43.4 Å². The van der Waals surface area contributed by atoms with Crippen molar-refractivity contribution in [2.75, 3.05) is 40.9 Å². The maximum absolute atomic E-state index is 13.9. The van der Waals surface area contributed by atoms with Gasteiger partial charge >= 0.3 is 0 Å². The maximum atomic E-state index is 13.9. The molecule has 1 aliphatic rings. The van der Waals surface area contributed by atoms with Gasteiger partial charge in [0, 0.05) is 66.8 Å². The molecule has 0 spiro atoms. The number of benzene rings is 1. The van der Waals surface area contributed by atoms with Gasteiger partial charge in [-0.3, -0.25) is 29.3 Å². The number of methoxy groups -OCH3 is 1. The molecule has 1 saturated heterocycles. The average Bonchev–Trinajstić information content (AvgIpc) is 3.74. The van der Waals surface area contributed by atoms with E-state index >= 15 is 0 Å². The summed E-state index contributed by atoms with van der Waals surface area (Å²) in [4.78, 5) is 50.2. The highest BCUT2D eigenvalue weighted by atomic mass is 32.1. The van der Waals surface area contributed by atoms with Crippen LogP contribution in [-0.2, 0) is 43.2 Å². The predicted octanol–water partition coefficient (Wildman–Crippen LogP) is 5.43. The molecule has 0 saturated carbocycles. The number of likely N-dealkylation sites (N-methyl/N-ethyl adjacent to an activating group) is 1. The second kappa shape index (κ2) is 17.9. The van der Waals surface area contributed by atoms with Crippen LogP contribution >= 0.6 is 11.5 Å². The number of hydrogen-bond acceptors (Lipinski definition) is 11. The summed E-state index contributed by atoms with van der Waals surface area (Å²) in [5.41, 5.74) is 8.68. The van der Waals surface area contributed by atoms with Gasteiger partial charge in [-0.05, 0) is 101 Å². The molecule has 14 heteroatoms. The number of carbonyl (C=O) groups is 3. The van der Waals surface area contributed by atoms with Gasteiger partial charge < -0.3 is 19.4 Å². The van der Waals surface area contributed by atoms with Crippen LogP contribution < -0.4 is 10.7 Å². The number of hydrazine groups is 1. The molecular weight excluding hydrogens is 705 g/mol. The van der Waals surface area contributed by atoms with Gasteiger partial charge in [0.2, 0.25) is 5.91 Å². The SMILES string of the molecule is CCn1c(-c2cccnc2C(C)OC)c(CC(C)(C)COC=O)c2cc(-c3nsc(CC(NC(=O)C(C(C)C)N(C)C)C(=O)N4CCCCN4)n3)ccc21. The molecule has 1 aromatic carbocycles. The van der Waals surface area contributed by atoms with Crippen LogP contribution in [0.15, 0.2) is 36.5 Å². The number of nitrogens with one attached hydrogen (secondary N) is 2. The molecule has 0 radical (unpaired) electrons. The van der Waals surface area contributed by atoms with Crippen molar-refractivity contribution in [1.82, 2.24) is 39.6 Å². The van der Waals surface area contributed by atoms with Crippen molar-refractivity contribution >= 4 is 40.7 Å². The smallest absolute Gasteiger partial charge is 0.293 e. The van der Waals surface area contributed by atoms with Crippen LogP contribution in [0.1, 0.15) is 76.8 Å². The van der Waals surface area contributed by atoms with Crippen molar-refractivity contribution in [2.24, 2.45) is 11.3 Å². The molecule has 0 bridgehead atoms. The van der Waals surface area contributed by atoms with Crippen molar-refractivity contribution in [2.45, 2.75) is 92.0 Å². The van der Waals surface area contributed by atoms with Crippen LogP contribution in [0.3, 0.4) is 0 Å². The van der Waals surface area contributed by atoms with Gasteiger partial charge in [0.1, 0.15) is 11.0 Å². The fourth-order valence-electron chi connectivity index (χ4n) is 7.51. The average molecular weight is 761 g/mol. The summed E-state index contributed by atoms with van der Waals surface area (Å²) in [7, 11) is 5.43. The van der Waals surface area contributed by atoms with Crippen molar-refractivity contribution in [1.29, 1.82) is 0 Å². The maximum Gasteiger partial charge on any atom is 0.293 e. The van der Waals surface area contributed by atoms with Gasteiger partial charge in [-0.25, -0.2) is 10.4 Å². The number of pyridine rings is 1. The Kier molecular flexibility index (Phi) is 13.6. The quantitative estimate of drug-likeness (QED) is 0.134. The Hall–Kier alpha value is -4.24. The molecule has 4 heterocycles. The van der Waals surface area contributed by atoms with Crippen LogP contribution in [0, 0.1) is 11.3 Å². The van der Waals surface area contributed by atoms with Gasteiger partial charge in [-0.1, -0.05) is 27.7 Å². The topological polar surface area (TPSA) is 144 Å². The molecule has 5 rings (SSSR count). The molecule has 2 N–H and O–H groups in total. The van der Waals surface area contributed by atoms with E-state index in [2.05, 4.69) is 54.3 Å². The Morgan fingerprint density at radius 3 is 2.59 bits per heavy atom. The van der Waals surface area contributed by atoms with Crippen LogP contribution in [-0.4, -0.2) is 100 Å². The van der Waals surface area contributed by atoms with Crippen LogP contribution in [0.2, 0.25) is 0 Å². The third-order valence-electron chi connectivity index (χ3n) is 10.1. The van der Waals surface area contributed by atoms with Gasteiger partial charge in [0.25, 0.3) is 12.4 Å². The molecular formula is C40H56N8O5S. The normalized spacial score (nSPS) is 15.4. The largest absolute Gasteiger partial charge is 0.467 e. The van der Waals surface area contributed by atoms with Crippen molar-refractivity contribution < 1.29 is 23.9 Å². The standard InChI is InChI=1S/C40H56N8O5S/c1-10-47-32-16-15-27(20-29(32)30(22-40(5,6)23-53-24-49)36(47)28-14-13-17-41-34(28)26(4)52-9)37-44-33(54-45-37)21-31(39(51)48-19-12-11-18-42-48)43-38(50)35(25(2)3)46(7)8/h13-17,20,24-26,31,35,42H,10-12,18-19,21-23H2,1-9H3,(H,43,50). The molecule has 4 aromatic rings. The number of amides is 2. The number of ether oxygens (including phenoxy) is 2. The Morgan fingerprint density at radius 1 is 1.17 bits per heavy atom. The Balaban J connectivity index is 1.56. The molecule has 1 fully saturated rings. The number of aryl methyl sites for hydroxylation is 1. The van der Waals surface area contributed by atoms with Crippen LogP contribution in [0.25, 0.3) is 33.5 Å². The molecule has 3 unspecified atom stereocenters. The van der Waals surface area contributed by atoms with Gasteiger partial charge in [0.15, 0.2) is 5.82 Å². The zero-order valence-corrected chi connectivity index (χ0v) is 34.0. The first-order chi connectivity index (χ1) is 25.8. The first-order valence-corrected chi connectivity index (χ1v) is 19.6. The lowest BCUT2D eigenvalue weighted by atomic mass is 9.84. The molecule has 0 aliphatic carbocycles. The van der Waals surface area contributed by atoms with Gasteiger partial charge in [-0.2, -0.15) is 4.37 Å². The van der Waals surface area contributed by atoms with Gasteiger partial charge in [0.05, 0.1) is 30.1 Å². The number of carbonyl (C=O) groups excluding carboxylic acids is 3. The number of hydrogen-bond donors (Lipinski definition) is 2. The lowest BCUT2D eigenvalue weighted by molar-refractivity contribution is -0.141. The number of nitrogens with zero attached hydrogens (tertiary/aromatic N) is 6.